The fraction of sp³-hybridized carbons (Fsp3) is 0.389. The summed E-state index contributed by atoms with van der Waals surface area (Å²) in [5.74, 6) is 0.277. The highest BCUT2D eigenvalue weighted by Crippen LogP contribution is 2.11. The van der Waals surface area contributed by atoms with Crippen molar-refractivity contribution in [3.8, 4) is 5.75 Å². The molecule has 6 heteroatoms. The number of ether oxygens (including phenoxy) is 2. The number of aryl methyl sites for hydroxylation is 1. The maximum Gasteiger partial charge on any atom is 0.223 e. The van der Waals surface area contributed by atoms with Gasteiger partial charge in [0.2, 0.25) is 5.43 Å². The van der Waals surface area contributed by atoms with Crippen LogP contribution in [0.3, 0.4) is 0 Å². The number of nitrogens with zero attached hydrogens (tertiary/aromatic N) is 1. The molecule has 0 fully saturated rings. The highest BCUT2D eigenvalue weighted by molar-refractivity contribution is 5.23. The zero-order chi connectivity index (χ0) is 17.2. The normalized spacial score (nSPS) is 10.8. The van der Waals surface area contributed by atoms with E-state index >= 15 is 0 Å². The summed E-state index contributed by atoms with van der Waals surface area (Å²) < 4.78 is 12.8. The van der Waals surface area contributed by atoms with Crippen LogP contribution >= 0.6 is 0 Å². The lowest BCUT2D eigenvalue weighted by molar-refractivity contribution is 0.135. The minimum absolute atomic E-state index is 0.197. The van der Waals surface area contributed by atoms with E-state index in [0.717, 1.165) is 12.0 Å². The Morgan fingerprint density at radius 3 is 2.67 bits per heavy atom. The van der Waals surface area contributed by atoms with Crippen molar-refractivity contribution in [3.63, 3.8) is 0 Å². The van der Waals surface area contributed by atoms with E-state index in [9.17, 15) is 9.90 Å². The van der Waals surface area contributed by atoms with Crippen LogP contribution in [-0.2, 0) is 24.5 Å². The zero-order valence-electron chi connectivity index (χ0n) is 13.7. The molecule has 0 bridgehead atoms. The van der Waals surface area contributed by atoms with Gasteiger partial charge in [-0.2, -0.15) is 0 Å². The molecule has 2 rings (SSSR count). The second kappa shape index (κ2) is 9.87. The molecule has 6 nitrogen and oxygen atoms in total. The first kappa shape index (κ1) is 18.2. The molecule has 0 unspecified atom stereocenters. The van der Waals surface area contributed by atoms with E-state index in [4.69, 9.17) is 15.2 Å². The number of pyridine rings is 1. The minimum Gasteiger partial charge on any atom is -0.483 e. The van der Waals surface area contributed by atoms with E-state index in [1.54, 1.807) is 6.20 Å². The summed E-state index contributed by atoms with van der Waals surface area (Å²) in [4.78, 5) is 12.1. The molecule has 0 saturated carbocycles. The SMILES string of the molecule is NCCOCCCn1cc(OCc2ccccc2)c(=O)cc1CO. The van der Waals surface area contributed by atoms with Crippen LogP contribution in [0.5, 0.6) is 5.75 Å². The third kappa shape index (κ3) is 5.49. The number of hydrogen-bond acceptors (Lipinski definition) is 5. The van der Waals surface area contributed by atoms with Crippen LogP contribution in [0.15, 0.2) is 47.4 Å². The Bertz CT molecular complexity index is 670. The largest absolute Gasteiger partial charge is 0.483 e. The Morgan fingerprint density at radius 2 is 1.96 bits per heavy atom. The van der Waals surface area contributed by atoms with Crippen LogP contribution < -0.4 is 15.9 Å². The molecular weight excluding hydrogens is 308 g/mol. The Balaban J connectivity index is 2.02. The number of benzene rings is 1. The van der Waals surface area contributed by atoms with Gasteiger partial charge in [-0.05, 0) is 12.0 Å². The van der Waals surface area contributed by atoms with Crippen molar-refractivity contribution in [1.29, 1.82) is 0 Å². The van der Waals surface area contributed by atoms with Gasteiger partial charge in [0.1, 0.15) is 6.61 Å². The average molecular weight is 332 g/mol. The van der Waals surface area contributed by atoms with Gasteiger partial charge in [-0.3, -0.25) is 4.79 Å². The molecule has 0 aliphatic carbocycles. The quantitative estimate of drug-likeness (QED) is 0.640. The van der Waals surface area contributed by atoms with Crippen molar-refractivity contribution in [1.82, 2.24) is 4.57 Å². The van der Waals surface area contributed by atoms with E-state index in [2.05, 4.69) is 0 Å². The average Bonchev–Trinajstić information content (AvgIpc) is 2.62. The summed E-state index contributed by atoms with van der Waals surface area (Å²) >= 11 is 0. The van der Waals surface area contributed by atoms with Gasteiger partial charge >= 0.3 is 0 Å². The fourth-order valence-corrected chi connectivity index (χ4v) is 2.30. The van der Waals surface area contributed by atoms with Gasteiger partial charge in [0, 0.05) is 31.5 Å². The molecule has 1 aromatic carbocycles. The number of aliphatic hydroxyl groups excluding tert-OH is 1. The molecule has 0 saturated heterocycles. The molecule has 0 aliphatic rings. The van der Waals surface area contributed by atoms with Gasteiger partial charge in [0.15, 0.2) is 5.75 Å². The van der Waals surface area contributed by atoms with E-state index in [-0.39, 0.29) is 17.8 Å². The van der Waals surface area contributed by atoms with E-state index < -0.39 is 0 Å². The molecule has 1 aromatic heterocycles. The van der Waals surface area contributed by atoms with Crippen molar-refractivity contribution in [2.75, 3.05) is 19.8 Å². The highest BCUT2D eigenvalue weighted by atomic mass is 16.5. The number of aliphatic hydroxyl groups is 1. The number of aromatic nitrogens is 1. The maximum absolute atomic E-state index is 12.1. The fourth-order valence-electron chi connectivity index (χ4n) is 2.30. The van der Waals surface area contributed by atoms with Crippen LogP contribution in [0.1, 0.15) is 17.7 Å². The Morgan fingerprint density at radius 1 is 1.17 bits per heavy atom. The molecule has 0 atom stereocenters. The summed E-state index contributed by atoms with van der Waals surface area (Å²) in [6, 6.07) is 11.1. The second-order valence-electron chi connectivity index (χ2n) is 5.37. The Labute approximate surface area is 141 Å². The molecule has 3 N–H and O–H groups in total. The smallest absolute Gasteiger partial charge is 0.223 e. The summed E-state index contributed by atoms with van der Waals surface area (Å²) in [6.07, 6.45) is 2.41. The first-order valence-electron chi connectivity index (χ1n) is 8.03. The Kier molecular flexibility index (Phi) is 7.48. The van der Waals surface area contributed by atoms with E-state index in [1.807, 2.05) is 34.9 Å². The number of hydrogen-bond donors (Lipinski definition) is 2. The van der Waals surface area contributed by atoms with Crippen molar-refractivity contribution in [2.45, 2.75) is 26.2 Å². The third-order valence-corrected chi connectivity index (χ3v) is 3.53. The van der Waals surface area contributed by atoms with Crippen LogP contribution in [0.4, 0.5) is 0 Å². The van der Waals surface area contributed by atoms with Crippen LogP contribution in [-0.4, -0.2) is 29.4 Å². The molecule has 24 heavy (non-hydrogen) atoms. The molecule has 0 radical (unpaired) electrons. The first-order valence-corrected chi connectivity index (χ1v) is 8.03. The van der Waals surface area contributed by atoms with E-state index in [1.165, 1.54) is 6.07 Å². The van der Waals surface area contributed by atoms with Gasteiger partial charge in [-0.1, -0.05) is 30.3 Å². The number of rotatable bonds is 10. The lowest BCUT2D eigenvalue weighted by Gasteiger charge is -2.14. The molecule has 2 aromatic rings. The lowest BCUT2D eigenvalue weighted by atomic mass is 10.2. The van der Waals surface area contributed by atoms with Crippen molar-refractivity contribution in [3.05, 3.63) is 64.1 Å². The monoisotopic (exact) mass is 332 g/mol. The standard InChI is InChI=1S/C18H24N2O4/c19-7-10-23-9-4-8-20-12-18(17(22)11-16(20)13-21)24-14-15-5-2-1-3-6-15/h1-3,5-6,11-12,21H,4,7-10,13-14,19H2. The van der Waals surface area contributed by atoms with Gasteiger partial charge in [0.05, 0.1) is 19.4 Å². The van der Waals surface area contributed by atoms with E-state index in [0.29, 0.717) is 38.6 Å². The van der Waals surface area contributed by atoms with Crippen molar-refractivity contribution < 1.29 is 14.6 Å². The third-order valence-electron chi connectivity index (χ3n) is 3.53. The van der Waals surface area contributed by atoms with Crippen molar-refractivity contribution >= 4 is 0 Å². The van der Waals surface area contributed by atoms with Gasteiger partial charge in [-0.15, -0.1) is 0 Å². The number of nitrogens with two attached hydrogens (primary N) is 1. The summed E-state index contributed by atoms with van der Waals surface area (Å²) in [5.41, 5.74) is 6.69. The van der Waals surface area contributed by atoms with Crippen molar-refractivity contribution in [2.24, 2.45) is 5.73 Å². The molecule has 0 amide bonds. The molecule has 130 valence electrons. The second-order valence-corrected chi connectivity index (χ2v) is 5.37. The highest BCUT2D eigenvalue weighted by Gasteiger charge is 2.08. The zero-order valence-corrected chi connectivity index (χ0v) is 13.7. The summed E-state index contributed by atoms with van der Waals surface area (Å²) in [6.45, 7) is 2.36. The summed E-state index contributed by atoms with van der Waals surface area (Å²) in [5, 5.41) is 9.43. The lowest BCUT2D eigenvalue weighted by Crippen LogP contribution is -2.17. The predicted octanol–water partition coefficient (Wildman–Crippen LogP) is 1.28. The topological polar surface area (TPSA) is 86.7 Å². The van der Waals surface area contributed by atoms with Gasteiger partial charge < -0.3 is 24.9 Å². The molecular formula is C18H24N2O4. The van der Waals surface area contributed by atoms with Gasteiger partial charge in [-0.25, -0.2) is 0 Å². The predicted molar refractivity (Wildman–Crippen MR) is 91.9 cm³/mol. The minimum atomic E-state index is -0.231. The summed E-state index contributed by atoms with van der Waals surface area (Å²) in [7, 11) is 0. The first-order chi connectivity index (χ1) is 11.7. The Hall–Kier alpha value is -2.15. The molecule has 1 heterocycles. The van der Waals surface area contributed by atoms with Crippen LogP contribution in [0, 0.1) is 0 Å². The van der Waals surface area contributed by atoms with Crippen LogP contribution in [0.2, 0.25) is 0 Å². The molecule has 0 aliphatic heterocycles. The molecule has 0 spiro atoms. The van der Waals surface area contributed by atoms with Crippen LogP contribution in [0.25, 0.3) is 0 Å². The maximum atomic E-state index is 12.1. The van der Waals surface area contributed by atoms with Gasteiger partial charge in [0.25, 0.3) is 0 Å².